The summed E-state index contributed by atoms with van der Waals surface area (Å²) in [4.78, 5) is 18.2. The van der Waals surface area contributed by atoms with Crippen LogP contribution in [0.5, 0.6) is 5.75 Å². The summed E-state index contributed by atoms with van der Waals surface area (Å²) >= 11 is 12.1. The van der Waals surface area contributed by atoms with Gasteiger partial charge in [0.25, 0.3) is 0 Å². The molecule has 2 rings (SSSR count). The van der Waals surface area contributed by atoms with Gasteiger partial charge in [0, 0.05) is 32.1 Å². The van der Waals surface area contributed by atoms with E-state index in [1.54, 1.807) is 18.2 Å². The van der Waals surface area contributed by atoms with E-state index in [4.69, 9.17) is 27.9 Å². The molecule has 0 bridgehead atoms. The Hall–Kier alpha value is -0.930. The molecule has 9 heteroatoms. The molecule has 0 spiro atoms. The smallest absolute Gasteiger partial charge is 0.222 e. The van der Waals surface area contributed by atoms with Crippen LogP contribution in [0.3, 0.4) is 0 Å². The summed E-state index contributed by atoms with van der Waals surface area (Å²) in [5.41, 5.74) is 0. The number of aliphatic imine (C=N–C) groups is 1. The molecule has 1 amide bonds. The average Bonchev–Trinajstić information content (AvgIpc) is 3.10. The van der Waals surface area contributed by atoms with E-state index in [0.717, 1.165) is 25.5 Å². The van der Waals surface area contributed by atoms with Crippen LogP contribution in [0.2, 0.25) is 10.0 Å². The number of rotatable bonds is 7. The largest absolute Gasteiger partial charge is 0.490 e. The Morgan fingerprint density at radius 3 is 2.85 bits per heavy atom. The summed E-state index contributed by atoms with van der Waals surface area (Å²) in [6.07, 6.45) is 1.47. The van der Waals surface area contributed by atoms with Gasteiger partial charge in [-0.1, -0.05) is 36.2 Å². The molecule has 1 aliphatic rings. The van der Waals surface area contributed by atoms with Crippen LogP contribution in [-0.4, -0.2) is 55.6 Å². The van der Waals surface area contributed by atoms with E-state index >= 15 is 0 Å². The normalized spacial score (nSPS) is 16.7. The van der Waals surface area contributed by atoms with Crippen molar-refractivity contribution in [2.75, 3.05) is 32.8 Å². The molecule has 1 saturated heterocycles. The molecular weight excluding hydrogens is 502 g/mol. The molecule has 0 saturated carbocycles. The molecule has 6 nitrogen and oxygen atoms in total. The molecule has 1 aromatic rings. The third-order valence-electron chi connectivity index (χ3n) is 4.06. The predicted octanol–water partition coefficient (Wildman–Crippen LogP) is 3.56. The van der Waals surface area contributed by atoms with Gasteiger partial charge in [-0.3, -0.25) is 4.79 Å². The summed E-state index contributed by atoms with van der Waals surface area (Å²) in [6, 6.07) is 5.50. The van der Waals surface area contributed by atoms with Crippen LogP contribution in [0, 0.1) is 0 Å². The number of guanidine groups is 1. The molecular formula is C18H27Cl2IN4O2. The van der Waals surface area contributed by atoms with Crippen molar-refractivity contribution in [1.82, 2.24) is 15.5 Å². The maximum Gasteiger partial charge on any atom is 0.222 e. The van der Waals surface area contributed by atoms with Gasteiger partial charge in [0.05, 0.1) is 11.6 Å². The predicted molar refractivity (Wildman–Crippen MR) is 122 cm³/mol. The Bertz CT molecular complexity index is 646. The number of carbonyl (C=O) groups is 1. The summed E-state index contributed by atoms with van der Waals surface area (Å²) in [5.74, 6) is 1.48. The van der Waals surface area contributed by atoms with Gasteiger partial charge < -0.3 is 20.3 Å². The van der Waals surface area contributed by atoms with Crippen molar-refractivity contribution in [1.29, 1.82) is 0 Å². The Kier molecular flexibility index (Phi) is 11.2. The number of halogens is 3. The Morgan fingerprint density at radius 2 is 2.15 bits per heavy atom. The summed E-state index contributed by atoms with van der Waals surface area (Å²) in [7, 11) is 0. The van der Waals surface area contributed by atoms with Gasteiger partial charge in [-0.05, 0) is 25.5 Å². The zero-order valence-electron chi connectivity index (χ0n) is 15.6. The third kappa shape index (κ3) is 7.54. The third-order valence-corrected chi connectivity index (χ3v) is 4.86. The molecule has 1 fully saturated rings. The van der Waals surface area contributed by atoms with Crippen molar-refractivity contribution < 1.29 is 9.53 Å². The molecule has 27 heavy (non-hydrogen) atoms. The topological polar surface area (TPSA) is 66.0 Å². The van der Waals surface area contributed by atoms with Gasteiger partial charge >= 0.3 is 0 Å². The number of hydrogen-bond acceptors (Lipinski definition) is 3. The molecule has 1 atom stereocenters. The maximum absolute atomic E-state index is 11.8. The van der Waals surface area contributed by atoms with Crippen molar-refractivity contribution in [3.8, 4) is 5.75 Å². The summed E-state index contributed by atoms with van der Waals surface area (Å²) in [5, 5.41) is 7.49. The Labute approximate surface area is 188 Å². The quantitative estimate of drug-likeness (QED) is 0.246. The lowest BCUT2D eigenvalue weighted by Gasteiger charge is -2.18. The fraction of sp³-hybridized carbons (Fsp3) is 0.556. The molecule has 0 aliphatic carbocycles. The number of likely N-dealkylation sites (tertiary alicyclic amines) is 1. The van der Waals surface area contributed by atoms with Crippen LogP contribution in [0.15, 0.2) is 23.2 Å². The van der Waals surface area contributed by atoms with Gasteiger partial charge in [0.1, 0.15) is 17.4 Å². The minimum absolute atomic E-state index is 0. The van der Waals surface area contributed by atoms with Crippen LogP contribution in [0.4, 0.5) is 0 Å². The Morgan fingerprint density at radius 1 is 1.37 bits per heavy atom. The number of nitrogens with zero attached hydrogens (tertiary/aromatic N) is 2. The fourth-order valence-electron chi connectivity index (χ4n) is 2.75. The van der Waals surface area contributed by atoms with Gasteiger partial charge in [-0.25, -0.2) is 4.99 Å². The highest BCUT2D eigenvalue weighted by Gasteiger charge is 2.25. The molecule has 1 unspecified atom stereocenters. The number of carbonyl (C=O) groups excluding carboxylic acids is 1. The maximum atomic E-state index is 11.8. The fourth-order valence-corrected chi connectivity index (χ4v) is 3.10. The van der Waals surface area contributed by atoms with Crippen LogP contribution < -0.4 is 15.4 Å². The lowest BCUT2D eigenvalue weighted by molar-refractivity contribution is -0.129. The minimum atomic E-state index is 0. The summed E-state index contributed by atoms with van der Waals surface area (Å²) < 4.78 is 5.65. The van der Waals surface area contributed by atoms with Gasteiger partial charge in [-0.15, -0.1) is 24.0 Å². The van der Waals surface area contributed by atoms with Crippen molar-refractivity contribution >= 4 is 59.0 Å². The van der Waals surface area contributed by atoms with E-state index in [2.05, 4.69) is 15.6 Å². The number of amides is 1. The molecule has 0 aromatic heterocycles. The van der Waals surface area contributed by atoms with Crippen LogP contribution >= 0.6 is 47.2 Å². The van der Waals surface area contributed by atoms with Crippen molar-refractivity contribution in [3.05, 3.63) is 28.2 Å². The monoisotopic (exact) mass is 528 g/mol. The lowest BCUT2D eigenvalue weighted by atomic mass is 10.3. The first kappa shape index (κ1) is 24.1. The molecule has 2 N–H and O–H groups in total. The highest BCUT2D eigenvalue weighted by atomic mass is 127. The number of ether oxygens (including phenoxy) is 1. The summed E-state index contributed by atoms with van der Waals surface area (Å²) in [6.45, 7) is 7.04. The first-order valence-corrected chi connectivity index (χ1v) is 9.70. The van der Waals surface area contributed by atoms with Crippen molar-refractivity contribution in [2.45, 2.75) is 32.7 Å². The zero-order chi connectivity index (χ0) is 18.9. The van der Waals surface area contributed by atoms with Crippen LogP contribution in [0.1, 0.15) is 26.7 Å². The van der Waals surface area contributed by atoms with Gasteiger partial charge in [0.2, 0.25) is 5.91 Å². The van der Waals surface area contributed by atoms with E-state index < -0.39 is 0 Å². The molecule has 1 aliphatic heterocycles. The SMILES string of the molecule is CCNC(=NCCOc1cccc(Cl)c1Cl)NC1CCN(C(=O)CC)C1.I. The van der Waals surface area contributed by atoms with Gasteiger partial charge in [-0.2, -0.15) is 0 Å². The van der Waals surface area contributed by atoms with E-state index in [0.29, 0.717) is 41.9 Å². The highest BCUT2D eigenvalue weighted by Crippen LogP contribution is 2.31. The second-order valence-electron chi connectivity index (χ2n) is 5.98. The minimum Gasteiger partial charge on any atom is -0.490 e. The van der Waals surface area contributed by atoms with E-state index in [-0.39, 0.29) is 35.9 Å². The molecule has 1 aromatic carbocycles. The molecule has 0 radical (unpaired) electrons. The number of benzene rings is 1. The van der Waals surface area contributed by atoms with Crippen molar-refractivity contribution in [3.63, 3.8) is 0 Å². The average molecular weight is 529 g/mol. The first-order valence-electron chi connectivity index (χ1n) is 8.94. The number of hydrogen-bond donors (Lipinski definition) is 2. The van der Waals surface area contributed by atoms with E-state index in [1.165, 1.54) is 0 Å². The van der Waals surface area contributed by atoms with E-state index in [9.17, 15) is 4.79 Å². The van der Waals surface area contributed by atoms with Gasteiger partial charge in [0.15, 0.2) is 5.96 Å². The zero-order valence-corrected chi connectivity index (χ0v) is 19.5. The van der Waals surface area contributed by atoms with Crippen molar-refractivity contribution in [2.24, 2.45) is 4.99 Å². The van der Waals surface area contributed by atoms with Crippen LogP contribution in [-0.2, 0) is 4.79 Å². The molecule has 1 heterocycles. The standard InChI is InChI=1S/C18H26Cl2N4O2.HI/c1-3-16(25)24-10-8-13(12-24)23-18(21-4-2)22-9-11-26-15-7-5-6-14(19)17(15)20;/h5-7,13H,3-4,8-12H2,1-2H3,(H2,21,22,23);1H. The second-order valence-corrected chi connectivity index (χ2v) is 6.77. The molecule has 152 valence electrons. The number of nitrogens with one attached hydrogen (secondary N) is 2. The lowest BCUT2D eigenvalue weighted by Crippen LogP contribution is -2.45. The second kappa shape index (κ2) is 12.5. The Balaban J connectivity index is 0.00000364. The highest BCUT2D eigenvalue weighted by molar-refractivity contribution is 14.0. The van der Waals surface area contributed by atoms with E-state index in [1.807, 2.05) is 18.7 Å². The van der Waals surface area contributed by atoms with Crippen LogP contribution in [0.25, 0.3) is 0 Å². The first-order chi connectivity index (χ1) is 12.5.